The number of aromatic nitrogens is 1. The van der Waals surface area contributed by atoms with Gasteiger partial charge in [0.15, 0.2) is 0 Å². The van der Waals surface area contributed by atoms with E-state index in [1.807, 2.05) is 27.1 Å². The number of rotatable bonds is 5. The molecule has 0 spiro atoms. The Morgan fingerprint density at radius 1 is 1.30 bits per heavy atom. The van der Waals surface area contributed by atoms with Crippen molar-refractivity contribution in [1.29, 1.82) is 0 Å². The summed E-state index contributed by atoms with van der Waals surface area (Å²) < 4.78 is 5.49. The van der Waals surface area contributed by atoms with Crippen molar-refractivity contribution in [2.24, 2.45) is 17.3 Å². The van der Waals surface area contributed by atoms with Gasteiger partial charge in [-0.15, -0.1) is 0 Å². The minimum atomic E-state index is -0.509. The van der Waals surface area contributed by atoms with Crippen molar-refractivity contribution in [2.45, 2.75) is 70.9 Å². The molecular formula is C22H32N2O3. The molecule has 1 heterocycles. The van der Waals surface area contributed by atoms with Gasteiger partial charge in [0.05, 0.1) is 24.9 Å². The van der Waals surface area contributed by atoms with Gasteiger partial charge in [0.1, 0.15) is 5.75 Å². The van der Waals surface area contributed by atoms with Gasteiger partial charge in [0, 0.05) is 30.8 Å². The van der Waals surface area contributed by atoms with Crippen LogP contribution in [-0.4, -0.2) is 40.7 Å². The zero-order valence-corrected chi connectivity index (χ0v) is 17.0. The first-order valence-corrected chi connectivity index (χ1v) is 10.2. The first-order chi connectivity index (χ1) is 12.7. The number of ether oxygens (including phenoxy) is 1. The van der Waals surface area contributed by atoms with E-state index in [2.05, 4.69) is 4.98 Å². The molecule has 0 saturated heterocycles. The molecule has 1 aromatic heterocycles. The zero-order chi connectivity index (χ0) is 19.4. The quantitative estimate of drug-likeness (QED) is 0.861. The third-order valence-electron chi connectivity index (χ3n) is 7.24. The average molecular weight is 373 g/mol. The molecule has 4 bridgehead atoms. The first kappa shape index (κ1) is 18.7. The summed E-state index contributed by atoms with van der Waals surface area (Å²) in [5.74, 6) is 2.24. The van der Waals surface area contributed by atoms with Gasteiger partial charge in [-0.1, -0.05) is 0 Å². The zero-order valence-electron chi connectivity index (χ0n) is 17.0. The van der Waals surface area contributed by atoms with Crippen LogP contribution in [0.2, 0.25) is 0 Å². The second-order valence-electron chi connectivity index (χ2n) is 9.66. The van der Waals surface area contributed by atoms with Gasteiger partial charge in [-0.05, 0) is 69.6 Å². The molecule has 2 unspecified atom stereocenters. The number of carbonyl (C=O) groups excluding carboxylic acids is 1. The van der Waals surface area contributed by atoms with Gasteiger partial charge < -0.3 is 14.7 Å². The van der Waals surface area contributed by atoms with Gasteiger partial charge >= 0.3 is 0 Å². The molecule has 4 aliphatic rings. The average Bonchev–Trinajstić information content (AvgIpc) is 2.55. The topological polar surface area (TPSA) is 62.7 Å². The van der Waals surface area contributed by atoms with Crippen LogP contribution in [0.25, 0.3) is 0 Å². The number of aryl methyl sites for hydroxylation is 1. The number of nitrogens with zero attached hydrogens (tertiary/aromatic N) is 2. The summed E-state index contributed by atoms with van der Waals surface area (Å²) in [7, 11) is 3.54. The molecule has 5 nitrogen and oxygen atoms in total. The number of aliphatic hydroxyl groups is 1. The third kappa shape index (κ3) is 3.35. The molecule has 4 fully saturated rings. The van der Waals surface area contributed by atoms with Crippen molar-refractivity contribution in [2.75, 3.05) is 14.2 Å². The highest BCUT2D eigenvalue weighted by molar-refractivity contribution is 5.76. The lowest BCUT2D eigenvalue weighted by atomic mass is 9.47. The lowest BCUT2D eigenvalue weighted by molar-refractivity contribution is -0.171. The summed E-state index contributed by atoms with van der Waals surface area (Å²) in [6.07, 6.45) is 8.54. The van der Waals surface area contributed by atoms with Crippen molar-refractivity contribution in [1.82, 2.24) is 9.88 Å². The predicted octanol–water partition coefficient (Wildman–Crippen LogP) is 3.39. The first-order valence-electron chi connectivity index (χ1n) is 10.2. The van der Waals surface area contributed by atoms with Crippen LogP contribution >= 0.6 is 0 Å². The molecule has 5 rings (SSSR count). The Kier molecular flexibility index (Phi) is 4.49. The van der Waals surface area contributed by atoms with E-state index in [-0.39, 0.29) is 11.3 Å². The standard InChI is InChI=1S/C22H32N2O3/c1-14-11-23-18(15(2)20(14)27-4)12-24(3)19(25)10-21-6-16-5-17(7-21)9-22(26,8-16)13-21/h11,16-17,26H,5-10,12-13H2,1-4H3. The molecule has 5 heteroatoms. The van der Waals surface area contributed by atoms with Crippen LogP contribution in [0, 0.1) is 31.1 Å². The van der Waals surface area contributed by atoms with Crippen LogP contribution in [0.15, 0.2) is 6.20 Å². The van der Waals surface area contributed by atoms with Gasteiger partial charge in [-0.3, -0.25) is 9.78 Å². The Morgan fingerprint density at radius 2 is 1.96 bits per heavy atom. The van der Waals surface area contributed by atoms with Crippen LogP contribution < -0.4 is 4.74 Å². The Balaban J connectivity index is 1.46. The number of amides is 1. The van der Waals surface area contributed by atoms with E-state index in [0.29, 0.717) is 24.8 Å². The molecule has 0 aliphatic heterocycles. The highest BCUT2D eigenvalue weighted by Crippen LogP contribution is 2.62. The van der Waals surface area contributed by atoms with E-state index >= 15 is 0 Å². The number of carbonyl (C=O) groups is 1. The molecule has 0 radical (unpaired) electrons. The smallest absolute Gasteiger partial charge is 0.223 e. The van der Waals surface area contributed by atoms with Crippen molar-refractivity contribution >= 4 is 5.91 Å². The van der Waals surface area contributed by atoms with Crippen LogP contribution in [0.4, 0.5) is 0 Å². The monoisotopic (exact) mass is 372 g/mol. The van der Waals surface area contributed by atoms with Crippen LogP contribution in [0.3, 0.4) is 0 Å². The van der Waals surface area contributed by atoms with Crippen LogP contribution in [0.5, 0.6) is 5.75 Å². The SMILES string of the molecule is COc1c(C)cnc(CN(C)C(=O)CC23CC4CC(CC(O)(C4)C2)C3)c1C. The Hall–Kier alpha value is -1.62. The van der Waals surface area contributed by atoms with Crippen molar-refractivity contribution < 1.29 is 14.6 Å². The van der Waals surface area contributed by atoms with E-state index in [4.69, 9.17) is 4.74 Å². The Bertz CT molecular complexity index is 746. The second kappa shape index (κ2) is 6.47. The number of pyridine rings is 1. The summed E-state index contributed by atoms with van der Waals surface area (Å²) in [4.78, 5) is 19.4. The lowest BCUT2D eigenvalue weighted by Crippen LogP contribution is -2.56. The fourth-order valence-electron chi connectivity index (χ4n) is 6.61. The normalized spacial score (nSPS) is 34.0. The molecule has 0 aromatic carbocycles. The molecule has 1 aromatic rings. The van der Waals surface area contributed by atoms with Crippen LogP contribution in [-0.2, 0) is 11.3 Å². The molecule has 1 N–H and O–H groups in total. The van der Waals surface area contributed by atoms with Crippen molar-refractivity contribution in [3.05, 3.63) is 23.0 Å². The minimum Gasteiger partial charge on any atom is -0.496 e. The minimum absolute atomic E-state index is 0.0115. The molecule has 148 valence electrons. The van der Waals surface area contributed by atoms with E-state index in [1.165, 1.54) is 6.42 Å². The molecule has 1 amide bonds. The fraction of sp³-hybridized carbons (Fsp3) is 0.727. The van der Waals surface area contributed by atoms with Gasteiger partial charge in [-0.25, -0.2) is 0 Å². The summed E-state index contributed by atoms with van der Waals surface area (Å²) >= 11 is 0. The summed E-state index contributed by atoms with van der Waals surface area (Å²) in [5.41, 5.74) is 2.40. The van der Waals surface area contributed by atoms with Gasteiger partial charge in [0.2, 0.25) is 5.91 Å². The van der Waals surface area contributed by atoms with E-state index in [0.717, 1.165) is 54.7 Å². The molecule has 27 heavy (non-hydrogen) atoms. The predicted molar refractivity (Wildman–Crippen MR) is 103 cm³/mol. The van der Waals surface area contributed by atoms with Crippen molar-refractivity contribution in [3.63, 3.8) is 0 Å². The summed E-state index contributed by atoms with van der Waals surface area (Å²) in [5, 5.41) is 10.9. The van der Waals surface area contributed by atoms with E-state index in [9.17, 15) is 9.90 Å². The van der Waals surface area contributed by atoms with E-state index < -0.39 is 5.60 Å². The number of methoxy groups -OCH3 is 1. The maximum Gasteiger partial charge on any atom is 0.223 e. The second-order valence-corrected chi connectivity index (χ2v) is 9.66. The van der Waals surface area contributed by atoms with Crippen LogP contribution in [0.1, 0.15) is 61.8 Å². The Morgan fingerprint density at radius 3 is 2.56 bits per heavy atom. The lowest BCUT2D eigenvalue weighted by Gasteiger charge is -2.60. The van der Waals surface area contributed by atoms with Crippen molar-refractivity contribution in [3.8, 4) is 5.75 Å². The third-order valence-corrected chi connectivity index (χ3v) is 7.24. The highest BCUT2D eigenvalue weighted by Gasteiger charge is 2.57. The van der Waals surface area contributed by atoms with Gasteiger partial charge in [-0.2, -0.15) is 0 Å². The largest absolute Gasteiger partial charge is 0.496 e. The summed E-state index contributed by atoms with van der Waals surface area (Å²) in [6.45, 7) is 4.48. The molecular weight excluding hydrogens is 340 g/mol. The Labute approximate surface area is 162 Å². The summed E-state index contributed by atoms with van der Waals surface area (Å²) in [6, 6.07) is 0. The molecule has 4 saturated carbocycles. The highest BCUT2D eigenvalue weighted by atomic mass is 16.5. The number of hydrogen-bond donors (Lipinski definition) is 1. The maximum absolute atomic E-state index is 13.1. The number of hydrogen-bond acceptors (Lipinski definition) is 4. The fourth-order valence-corrected chi connectivity index (χ4v) is 6.61. The van der Waals surface area contributed by atoms with Gasteiger partial charge in [0.25, 0.3) is 0 Å². The molecule has 4 aliphatic carbocycles. The van der Waals surface area contributed by atoms with E-state index in [1.54, 1.807) is 12.0 Å². The maximum atomic E-state index is 13.1. The molecule has 2 atom stereocenters.